The number of aryl methyl sites for hydroxylation is 1. The maximum Gasteiger partial charge on any atom is 0.237 e. The first kappa shape index (κ1) is 15.0. The largest absolute Gasteiger partial charge is 0.398 e. The maximum absolute atomic E-state index is 12.4. The SMILES string of the molecule is CCN(C(=O)CSc1cccc(C)c1N)C1=CCCC1. The number of rotatable bonds is 5. The fourth-order valence-corrected chi connectivity index (χ4v) is 3.36. The number of anilines is 1. The molecule has 1 aliphatic rings. The summed E-state index contributed by atoms with van der Waals surface area (Å²) in [5, 5.41) is 0. The molecule has 0 aliphatic heterocycles. The highest BCUT2D eigenvalue weighted by molar-refractivity contribution is 8.00. The van der Waals surface area contributed by atoms with Gasteiger partial charge in [0.15, 0.2) is 0 Å². The predicted octanol–water partition coefficient (Wildman–Crippen LogP) is 3.59. The Morgan fingerprint density at radius 3 is 2.90 bits per heavy atom. The summed E-state index contributed by atoms with van der Waals surface area (Å²) < 4.78 is 0. The van der Waals surface area contributed by atoms with Crippen molar-refractivity contribution < 1.29 is 4.79 Å². The molecule has 1 amide bonds. The molecule has 2 rings (SSSR count). The number of benzene rings is 1. The number of nitrogen functional groups attached to an aromatic ring is 1. The van der Waals surface area contributed by atoms with Gasteiger partial charge in [-0.1, -0.05) is 18.2 Å². The van der Waals surface area contributed by atoms with Gasteiger partial charge in [-0.05, 0) is 44.7 Å². The Morgan fingerprint density at radius 2 is 2.25 bits per heavy atom. The number of amides is 1. The summed E-state index contributed by atoms with van der Waals surface area (Å²) in [6.07, 6.45) is 5.47. The molecule has 0 aromatic heterocycles. The predicted molar refractivity (Wildman–Crippen MR) is 85.6 cm³/mol. The highest BCUT2D eigenvalue weighted by Crippen LogP contribution is 2.28. The van der Waals surface area contributed by atoms with E-state index in [4.69, 9.17) is 5.73 Å². The van der Waals surface area contributed by atoms with Gasteiger partial charge in [-0.25, -0.2) is 0 Å². The summed E-state index contributed by atoms with van der Waals surface area (Å²) in [5.74, 6) is 0.616. The highest BCUT2D eigenvalue weighted by atomic mass is 32.2. The van der Waals surface area contributed by atoms with Crippen LogP contribution in [-0.4, -0.2) is 23.1 Å². The monoisotopic (exact) mass is 290 g/mol. The number of allylic oxidation sites excluding steroid dienone is 2. The van der Waals surface area contributed by atoms with Crippen LogP contribution in [0, 0.1) is 6.92 Å². The van der Waals surface area contributed by atoms with E-state index in [1.807, 2.05) is 36.9 Å². The van der Waals surface area contributed by atoms with Crippen LogP contribution in [0.3, 0.4) is 0 Å². The minimum absolute atomic E-state index is 0.173. The van der Waals surface area contributed by atoms with Gasteiger partial charge >= 0.3 is 0 Å². The van der Waals surface area contributed by atoms with Gasteiger partial charge in [0.05, 0.1) is 5.75 Å². The van der Waals surface area contributed by atoms with E-state index in [2.05, 4.69) is 6.08 Å². The van der Waals surface area contributed by atoms with Crippen LogP contribution in [0.5, 0.6) is 0 Å². The molecule has 0 saturated carbocycles. The van der Waals surface area contributed by atoms with E-state index in [0.717, 1.165) is 42.0 Å². The molecule has 0 saturated heterocycles. The number of hydrogen-bond donors (Lipinski definition) is 1. The molecule has 0 spiro atoms. The number of nitrogens with two attached hydrogens (primary N) is 1. The Morgan fingerprint density at radius 1 is 1.45 bits per heavy atom. The van der Waals surface area contributed by atoms with E-state index >= 15 is 0 Å². The Labute approximate surface area is 125 Å². The Bertz CT molecular complexity index is 525. The number of hydrogen-bond acceptors (Lipinski definition) is 3. The third-order valence-electron chi connectivity index (χ3n) is 3.62. The second-order valence-corrected chi connectivity index (χ2v) is 6.02. The van der Waals surface area contributed by atoms with Crippen molar-refractivity contribution in [3.63, 3.8) is 0 Å². The summed E-state index contributed by atoms with van der Waals surface area (Å²) in [6, 6.07) is 5.95. The Hall–Kier alpha value is -1.42. The number of nitrogens with zero attached hydrogens (tertiary/aromatic N) is 1. The van der Waals surface area contributed by atoms with Gasteiger partial charge < -0.3 is 10.6 Å². The molecule has 0 atom stereocenters. The Balaban J connectivity index is 1.99. The zero-order chi connectivity index (χ0) is 14.5. The highest BCUT2D eigenvalue weighted by Gasteiger charge is 2.18. The van der Waals surface area contributed by atoms with E-state index in [-0.39, 0.29) is 5.91 Å². The van der Waals surface area contributed by atoms with Gasteiger partial charge in [-0.15, -0.1) is 11.8 Å². The standard InChI is InChI=1S/C16H22N2OS/c1-3-18(13-8-4-5-9-13)15(19)11-20-14-10-6-7-12(2)16(14)17/h6-8,10H,3-5,9,11,17H2,1-2H3. The lowest BCUT2D eigenvalue weighted by atomic mass is 10.2. The van der Waals surface area contributed by atoms with Crippen LogP contribution >= 0.6 is 11.8 Å². The molecular weight excluding hydrogens is 268 g/mol. The van der Waals surface area contributed by atoms with E-state index in [1.165, 1.54) is 17.5 Å². The Kier molecular flexibility index (Phi) is 5.12. The van der Waals surface area contributed by atoms with Gasteiger partial charge in [0.25, 0.3) is 0 Å². The fourth-order valence-electron chi connectivity index (χ4n) is 2.44. The minimum atomic E-state index is 0.173. The lowest BCUT2D eigenvalue weighted by molar-refractivity contribution is -0.126. The fraction of sp³-hybridized carbons (Fsp3) is 0.438. The van der Waals surface area contributed by atoms with Crippen molar-refractivity contribution in [2.45, 2.75) is 38.0 Å². The first-order valence-corrected chi connectivity index (χ1v) is 8.09. The van der Waals surface area contributed by atoms with Gasteiger partial charge in [-0.2, -0.15) is 0 Å². The third-order valence-corrected chi connectivity index (χ3v) is 4.67. The lowest BCUT2D eigenvalue weighted by Gasteiger charge is -2.22. The summed E-state index contributed by atoms with van der Waals surface area (Å²) in [5.41, 5.74) is 9.08. The number of para-hydroxylation sites is 1. The summed E-state index contributed by atoms with van der Waals surface area (Å²) in [7, 11) is 0. The first-order valence-electron chi connectivity index (χ1n) is 7.10. The van der Waals surface area contributed by atoms with E-state index in [1.54, 1.807) is 0 Å². The summed E-state index contributed by atoms with van der Waals surface area (Å²) in [6.45, 7) is 4.76. The van der Waals surface area contributed by atoms with Crippen molar-refractivity contribution in [2.24, 2.45) is 0 Å². The number of carbonyl (C=O) groups is 1. The van der Waals surface area contributed by atoms with Crippen molar-refractivity contribution in [3.8, 4) is 0 Å². The van der Waals surface area contributed by atoms with Gasteiger partial charge in [0.1, 0.15) is 0 Å². The van der Waals surface area contributed by atoms with Crippen LogP contribution < -0.4 is 5.73 Å². The molecule has 0 radical (unpaired) electrons. The zero-order valence-corrected chi connectivity index (χ0v) is 13.0. The molecule has 2 N–H and O–H groups in total. The van der Waals surface area contributed by atoms with Crippen LogP contribution in [-0.2, 0) is 4.79 Å². The molecule has 1 aliphatic carbocycles. The normalized spacial score (nSPS) is 14.2. The van der Waals surface area contributed by atoms with Crippen LogP contribution in [0.2, 0.25) is 0 Å². The van der Waals surface area contributed by atoms with E-state index in [9.17, 15) is 4.79 Å². The average Bonchev–Trinajstić information content (AvgIpc) is 2.95. The average molecular weight is 290 g/mol. The first-order chi connectivity index (χ1) is 9.63. The second-order valence-electron chi connectivity index (χ2n) is 5.00. The van der Waals surface area contributed by atoms with Crippen LogP contribution in [0.1, 0.15) is 31.7 Å². The van der Waals surface area contributed by atoms with Crippen molar-refractivity contribution in [2.75, 3.05) is 18.0 Å². The molecule has 1 aromatic carbocycles. The third kappa shape index (κ3) is 3.37. The lowest BCUT2D eigenvalue weighted by Crippen LogP contribution is -2.31. The molecule has 108 valence electrons. The van der Waals surface area contributed by atoms with Crippen molar-refractivity contribution in [1.82, 2.24) is 4.90 Å². The van der Waals surface area contributed by atoms with Gasteiger partial charge in [0.2, 0.25) is 5.91 Å². The zero-order valence-electron chi connectivity index (χ0n) is 12.2. The smallest absolute Gasteiger partial charge is 0.237 e. The van der Waals surface area contributed by atoms with Crippen LogP contribution in [0.15, 0.2) is 34.9 Å². The molecule has 20 heavy (non-hydrogen) atoms. The van der Waals surface area contributed by atoms with Crippen molar-refractivity contribution in [3.05, 3.63) is 35.5 Å². The number of carbonyl (C=O) groups excluding carboxylic acids is 1. The molecule has 0 fully saturated rings. The molecule has 0 bridgehead atoms. The van der Waals surface area contributed by atoms with Crippen LogP contribution in [0.4, 0.5) is 5.69 Å². The summed E-state index contributed by atoms with van der Waals surface area (Å²) in [4.78, 5) is 15.3. The quantitative estimate of drug-likeness (QED) is 0.666. The summed E-state index contributed by atoms with van der Waals surface area (Å²) >= 11 is 1.53. The van der Waals surface area contributed by atoms with Gasteiger partial charge in [0, 0.05) is 22.8 Å². The topological polar surface area (TPSA) is 46.3 Å². The van der Waals surface area contributed by atoms with E-state index < -0.39 is 0 Å². The van der Waals surface area contributed by atoms with Gasteiger partial charge in [-0.3, -0.25) is 4.79 Å². The van der Waals surface area contributed by atoms with Crippen molar-refractivity contribution in [1.29, 1.82) is 0 Å². The number of thioether (sulfide) groups is 1. The molecule has 1 aromatic rings. The molecular formula is C16H22N2OS. The maximum atomic E-state index is 12.4. The second kappa shape index (κ2) is 6.84. The molecule has 0 unspecified atom stereocenters. The molecule has 0 heterocycles. The minimum Gasteiger partial charge on any atom is -0.398 e. The molecule has 4 heteroatoms. The molecule has 3 nitrogen and oxygen atoms in total. The van der Waals surface area contributed by atoms with Crippen LogP contribution in [0.25, 0.3) is 0 Å². The van der Waals surface area contributed by atoms with Crippen molar-refractivity contribution >= 4 is 23.4 Å². The van der Waals surface area contributed by atoms with E-state index in [0.29, 0.717) is 5.75 Å².